The van der Waals surface area contributed by atoms with Crippen molar-refractivity contribution in [1.82, 2.24) is 10.3 Å². The average molecular weight is 273 g/mol. The maximum atomic E-state index is 13.2. The standard InChI is InChI=1S/C15H16FN3O/c1-10(11-4-3-5-12(16)8-11)19-15(20)13-9-18-7-6-14(13)17-2/h3-10H,1-2H3,(H,17,18)(H,19,20). The van der Waals surface area contributed by atoms with Gasteiger partial charge >= 0.3 is 0 Å². The molecule has 1 heterocycles. The molecule has 5 heteroatoms. The monoisotopic (exact) mass is 273 g/mol. The summed E-state index contributed by atoms with van der Waals surface area (Å²) in [6, 6.07) is 7.61. The van der Waals surface area contributed by atoms with Crippen molar-refractivity contribution in [3.8, 4) is 0 Å². The predicted molar refractivity (Wildman–Crippen MR) is 76.1 cm³/mol. The number of amides is 1. The van der Waals surface area contributed by atoms with Gasteiger partial charge < -0.3 is 10.6 Å². The molecule has 0 bridgehead atoms. The van der Waals surface area contributed by atoms with Gasteiger partial charge in [0.2, 0.25) is 0 Å². The molecule has 0 saturated carbocycles. The number of nitrogens with zero attached hydrogens (tertiary/aromatic N) is 1. The van der Waals surface area contributed by atoms with Gasteiger partial charge in [0.25, 0.3) is 5.91 Å². The van der Waals surface area contributed by atoms with E-state index in [4.69, 9.17) is 0 Å². The lowest BCUT2D eigenvalue weighted by molar-refractivity contribution is 0.0940. The van der Waals surface area contributed by atoms with E-state index >= 15 is 0 Å². The summed E-state index contributed by atoms with van der Waals surface area (Å²) < 4.78 is 13.2. The molecule has 104 valence electrons. The lowest BCUT2D eigenvalue weighted by atomic mass is 10.1. The van der Waals surface area contributed by atoms with E-state index in [1.807, 2.05) is 6.92 Å². The third kappa shape index (κ3) is 3.12. The van der Waals surface area contributed by atoms with Crippen LogP contribution in [-0.4, -0.2) is 17.9 Å². The van der Waals surface area contributed by atoms with Crippen molar-refractivity contribution in [2.45, 2.75) is 13.0 Å². The van der Waals surface area contributed by atoms with E-state index in [-0.39, 0.29) is 17.8 Å². The molecule has 20 heavy (non-hydrogen) atoms. The molecule has 0 spiro atoms. The van der Waals surface area contributed by atoms with Crippen molar-refractivity contribution >= 4 is 11.6 Å². The van der Waals surface area contributed by atoms with Gasteiger partial charge in [0.15, 0.2) is 0 Å². The molecule has 1 aromatic carbocycles. The number of halogens is 1. The summed E-state index contributed by atoms with van der Waals surface area (Å²) in [5.41, 5.74) is 1.87. The van der Waals surface area contributed by atoms with Gasteiger partial charge in [0.1, 0.15) is 5.82 Å². The summed E-state index contributed by atoms with van der Waals surface area (Å²) in [5.74, 6) is -0.569. The molecule has 2 aromatic rings. The molecule has 0 aliphatic heterocycles. The number of anilines is 1. The van der Waals surface area contributed by atoms with E-state index in [1.165, 1.54) is 18.3 Å². The largest absolute Gasteiger partial charge is 0.387 e. The van der Waals surface area contributed by atoms with Crippen molar-refractivity contribution in [3.63, 3.8) is 0 Å². The number of pyridine rings is 1. The first-order chi connectivity index (χ1) is 9.61. The van der Waals surface area contributed by atoms with Crippen molar-refractivity contribution in [2.75, 3.05) is 12.4 Å². The summed E-state index contributed by atoms with van der Waals surface area (Å²) in [5, 5.41) is 5.77. The molecule has 1 atom stereocenters. The molecule has 2 N–H and O–H groups in total. The maximum absolute atomic E-state index is 13.2. The molecule has 0 aliphatic carbocycles. The number of rotatable bonds is 4. The quantitative estimate of drug-likeness (QED) is 0.900. The second-order valence-corrected chi connectivity index (χ2v) is 4.42. The fourth-order valence-electron chi connectivity index (χ4n) is 1.93. The summed E-state index contributed by atoms with van der Waals surface area (Å²) in [4.78, 5) is 16.2. The molecule has 0 aliphatic rings. The molecular formula is C15H16FN3O. The number of carbonyl (C=O) groups is 1. The Labute approximate surface area is 117 Å². The Kier molecular flexibility index (Phi) is 4.30. The first kappa shape index (κ1) is 14.0. The van der Waals surface area contributed by atoms with Crippen LogP contribution < -0.4 is 10.6 Å². The molecule has 1 aromatic heterocycles. The van der Waals surface area contributed by atoms with Crippen LogP contribution in [0.5, 0.6) is 0 Å². The maximum Gasteiger partial charge on any atom is 0.255 e. The second kappa shape index (κ2) is 6.14. The van der Waals surface area contributed by atoms with Gasteiger partial charge in [0, 0.05) is 25.1 Å². The van der Waals surface area contributed by atoms with Gasteiger partial charge in [-0.15, -0.1) is 0 Å². The minimum Gasteiger partial charge on any atom is -0.387 e. The third-order valence-electron chi connectivity index (χ3n) is 3.03. The van der Waals surface area contributed by atoms with Gasteiger partial charge in [-0.25, -0.2) is 4.39 Å². The van der Waals surface area contributed by atoms with Gasteiger partial charge in [-0.05, 0) is 30.7 Å². The van der Waals surface area contributed by atoms with E-state index in [1.54, 1.807) is 31.4 Å². The topological polar surface area (TPSA) is 54.0 Å². The third-order valence-corrected chi connectivity index (χ3v) is 3.03. The Morgan fingerprint density at radius 2 is 2.15 bits per heavy atom. The van der Waals surface area contributed by atoms with Crippen LogP contribution in [0.2, 0.25) is 0 Å². The number of nitrogens with one attached hydrogen (secondary N) is 2. The van der Waals surface area contributed by atoms with E-state index < -0.39 is 0 Å². The molecule has 1 amide bonds. The predicted octanol–water partition coefficient (Wildman–Crippen LogP) is 2.75. The summed E-state index contributed by atoms with van der Waals surface area (Å²) in [7, 11) is 1.74. The molecule has 0 radical (unpaired) electrons. The van der Waals surface area contributed by atoms with E-state index in [0.29, 0.717) is 16.8 Å². The molecule has 2 rings (SSSR count). The molecule has 0 fully saturated rings. The highest BCUT2D eigenvalue weighted by atomic mass is 19.1. The second-order valence-electron chi connectivity index (χ2n) is 4.42. The summed E-state index contributed by atoms with van der Waals surface area (Å²) >= 11 is 0. The van der Waals surface area contributed by atoms with Crippen LogP contribution in [0.3, 0.4) is 0 Å². The number of carbonyl (C=O) groups excluding carboxylic acids is 1. The Hall–Kier alpha value is -2.43. The Balaban J connectivity index is 2.15. The lowest BCUT2D eigenvalue weighted by Crippen LogP contribution is -2.27. The first-order valence-electron chi connectivity index (χ1n) is 6.30. The van der Waals surface area contributed by atoms with Crippen molar-refractivity contribution in [2.24, 2.45) is 0 Å². The lowest BCUT2D eigenvalue weighted by Gasteiger charge is -2.15. The van der Waals surface area contributed by atoms with Crippen LogP contribution in [0.25, 0.3) is 0 Å². The SMILES string of the molecule is CNc1ccncc1C(=O)NC(C)c1cccc(F)c1. The highest BCUT2D eigenvalue weighted by Crippen LogP contribution is 2.17. The molecule has 0 saturated heterocycles. The van der Waals surface area contributed by atoms with Crippen molar-refractivity contribution in [3.05, 3.63) is 59.7 Å². The van der Waals surface area contributed by atoms with Crippen LogP contribution in [0.4, 0.5) is 10.1 Å². The van der Waals surface area contributed by atoms with Crippen LogP contribution in [-0.2, 0) is 0 Å². The van der Waals surface area contributed by atoms with Crippen LogP contribution in [0.1, 0.15) is 28.9 Å². The van der Waals surface area contributed by atoms with E-state index in [2.05, 4.69) is 15.6 Å². The van der Waals surface area contributed by atoms with E-state index in [0.717, 1.165) is 0 Å². The Morgan fingerprint density at radius 1 is 1.35 bits per heavy atom. The van der Waals surface area contributed by atoms with Crippen molar-refractivity contribution in [1.29, 1.82) is 0 Å². The zero-order valence-electron chi connectivity index (χ0n) is 11.4. The molecule has 4 nitrogen and oxygen atoms in total. The summed E-state index contributed by atoms with van der Waals surface area (Å²) in [6.45, 7) is 1.81. The molecule has 1 unspecified atom stereocenters. The van der Waals surface area contributed by atoms with Crippen LogP contribution >= 0.6 is 0 Å². The summed E-state index contributed by atoms with van der Waals surface area (Å²) in [6.07, 6.45) is 3.11. The Bertz CT molecular complexity index is 616. The number of benzene rings is 1. The number of aromatic nitrogens is 1. The highest BCUT2D eigenvalue weighted by Gasteiger charge is 2.14. The smallest absolute Gasteiger partial charge is 0.255 e. The number of hydrogen-bond acceptors (Lipinski definition) is 3. The fourth-order valence-corrected chi connectivity index (χ4v) is 1.93. The van der Waals surface area contributed by atoms with E-state index in [9.17, 15) is 9.18 Å². The van der Waals surface area contributed by atoms with Crippen LogP contribution in [0.15, 0.2) is 42.7 Å². The highest BCUT2D eigenvalue weighted by molar-refractivity contribution is 5.99. The Morgan fingerprint density at radius 3 is 2.85 bits per heavy atom. The van der Waals surface area contributed by atoms with Gasteiger partial charge in [0.05, 0.1) is 11.6 Å². The average Bonchev–Trinajstić information content (AvgIpc) is 2.47. The minimum atomic E-state index is -0.319. The van der Waals surface area contributed by atoms with Gasteiger partial charge in [-0.1, -0.05) is 12.1 Å². The van der Waals surface area contributed by atoms with Gasteiger partial charge in [-0.3, -0.25) is 9.78 Å². The first-order valence-corrected chi connectivity index (χ1v) is 6.30. The van der Waals surface area contributed by atoms with Gasteiger partial charge in [-0.2, -0.15) is 0 Å². The number of hydrogen-bond donors (Lipinski definition) is 2. The zero-order chi connectivity index (χ0) is 14.5. The van der Waals surface area contributed by atoms with Crippen LogP contribution in [0, 0.1) is 5.82 Å². The zero-order valence-corrected chi connectivity index (χ0v) is 11.4. The normalized spacial score (nSPS) is 11.8. The minimum absolute atomic E-state index is 0.251. The fraction of sp³-hybridized carbons (Fsp3) is 0.200. The molecular weight excluding hydrogens is 257 g/mol. The van der Waals surface area contributed by atoms with Crippen molar-refractivity contribution < 1.29 is 9.18 Å².